The molecule has 1 N–H and O–H groups in total. The third-order valence-electron chi connectivity index (χ3n) is 6.32. The van der Waals surface area contributed by atoms with Crippen LogP contribution in [0.15, 0.2) is 47.4 Å². The fraction of sp³-hybridized carbons (Fsp3) is 0.478. The Labute approximate surface area is 172 Å². The van der Waals surface area contributed by atoms with Gasteiger partial charge in [-0.2, -0.15) is 0 Å². The van der Waals surface area contributed by atoms with Crippen molar-refractivity contribution in [1.82, 2.24) is 0 Å². The van der Waals surface area contributed by atoms with Gasteiger partial charge in [0, 0.05) is 11.8 Å². The number of ether oxygens (including phenoxy) is 1. The number of fused-ring (bicyclic) bond motifs is 1. The summed E-state index contributed by atoms with van der Waals surface area (Å²) in [5, 5.41) is 10.8. The molecule has 1 heterocycles. The van der Waals surface area contributed by atoms with Gasteiger partial charge in [-0.15, -0.1) is 0 Å². The zero-order chi connectivity index (χ0) is 21.3. The molecule has 3 rings (SSSR count). The Balaban J connectivity index is 2.33. The topological polar surface area (TPSA) is 63.6 Å². The summed E-state index contributed by atoms with van der Waals surface area (Å²) in [6.07, 6.45) is 0.297. The van der Waals surface area contributed by atoms with Gasteiger partial charge in [0.25, 0.3) is 0 Å². The van der Waals surface area contributed by atoms with E-state index in [0.717, 1.165) is 0 Å². The minimum absolute atomic E-state index is 0.110. The number of halogens is 1. The first-order chi connectivity index (χ1) is 13.8. The number of aliphatic hydroxyl groups excluding tert-OH is 1. The standard InChI is InChI=1S/C23H29FO4S/c1-5-14(3)23-18(6-2)22(25)21(15-7-9-16(24)10-8-15)19-13-17(28-4)11-12-20(19)29(23,26)27/h7-14,18,21-23,25H,5-6H2,1-4H3/t14?,18-,21-,22+,23?/m1/s1. The second-order valence-corrected chi connectivity index (χ2v) is 9.97. The summed E-state index contributed by atoms with van der Waals surface area (Å²) in [7, 11) is -2.17. The molecule has 0 saturated carbocycles. The van der Waals surface area contributed by atoms with Gasteiger partial charge in [-0.1, -0.05) is 39.3 Å². The molecule has 2 unspecified atom stereocenters. The summed E-state index contributed by atoms with van der Waals surface area (Å²) in [6, 6.07) is 10.8. The van der Waals surface area contributed by atoms with E-state index in [1.165, 1.54) is 19.2 Å². The van der Waals surface area contributed by atoms with Crippen LogP contribution in [0.5, 0.6) is 5.75 Å². The predicted octanol–water partition coefficient (Wildman–Crippen LogP) is 4.56. The Hall–Kier alpha value is -1.92. The van der Waals surface area contributed by atoms with Gasteiger partial charge >= 0.3 is 0 Å². The second-order valence-electron chi connectivity index (χ2n) is 7.89. The average molecular weight is 421 g/mol. The van der Waals surface area contributed by atoms with Gasteiger partial charge < -0.3 is 9.84 Å². The lowest BCUT2D eigenvalue weighted by molar-refractivity contribution is 0.0795. The van der Waals surface area contributed by atoms with Crippen molar-refractivity contribution in [2.75, 3.05) is 7.11 Å². The van der Waals surface area contributed by atoms with Crippen LogP contribution in [0.25, 0.3) is 0 Å². The van der Waals surface area contributed by atoms with Crippen molar-refractivity contribution in [2.24, 2.45) is 11.8 Å². The van der Waals surface area contributed by atoms with Gasteiger partial charge in [-0.05, 0) is 53.8 Å². The van der Waals surface area contributed by atoms with Crippen molar-refractivity contribution in [1.29, 1.82) is 0 Å². The van der Waals surface area contributed by atoms with Crippen LogP contribution in [0.2, 0.25) is 0 Å². The van der Waals surface area contributed by atoms with E-state index in [2.05, 4.69) is 0 Å². The van der Waals surface area contributed by atoms with E-state index >= 15 is 0 Å². The Kier molecular flexibility index (Phi) is 6.34. The Morgan fingerprint density at radius 3 is 2.34 bits per heavy atom. The van der Waals surface area contributed by atoms with Crippen LogP contribution in [-0.4, -0.2) is 32.0 Å². The highest BCUT2D eigenvalue weighted by atomic mass is 32.2. The lowest BCUT2D eigenvalue weighted by Crippen LogP contribution is -2.41. The summed E-state index contributed by atoms with van der Waals surface area (Å²) in [5.74, 6) is -0.993. The second kappa shape index (κ2) is 8.44. The first-order valence-corrected chi connectivity index (χ1v) is 11.7. The normalized spacial score (nSPS) is 27.0. The van der Waals surface area contributed by atoms with Gasteiger partial charge in [0.2, 0.25) is 0 Å². The number of aliphatic hydroxyl groups is 1. The van der Waals surface area contributed by atoms with Crippen LogP contribution < -0.4 is 4.74 Å². The molecule has 0 amide bonds. The van der Waals surface area contributed by atoms with Crippen LogP contribution in [0.3, 0.4) is 0 Å². The molecule has 2 aromatic carbocycles. The zero-order valence-corrected chi connectivity index (χ0v) is 18.1. The van der Waals surface area contributed by atoms with E-state index in [4.69, 9.17) is 4.74 Å². The molecule has 0 bridgehead atoms. The largest absolute Gasteiger partial charge is 0.497 e. The first kappa shape index (κ1) is 21.8. The summed E-state index contributed by atoms with van der Waals surface area (Å²) in [4.78, 5) is 0.230. The Bertz CT molecular complexity index is 955. The van der Waals surface area contributed by atoms with Gasteiger partial charge in [-0.25, -0.2) is 12.8 Å². The van der Waals surface area contributed by atoms with Gasteiger partial charge in [0.05, 0.1) is 23.4 Å². The number of hydrogen-bond acceptors (Lipinski definition) is 4. The molecule has 2 aromatic rings. The maximum absolute atomic E-state index is 13.8. The molecular formula is C23H29FO4S. The lowest BCUT2D eigenvalue weighted by Gasteiger charge is -2.33. The highest BCUT2D eigenvalue weighted by Gasteiger charge is 2.48. The molecular weight excluding hydrogens is 391 g/mol. The fourth-order valence-electron chi connectivity index (χ4n) is 4.64. The maximum Gasteiger partial charge on any atom is 0.182 e. The number of rotatable bonds is 5. The van der Waals surface area contributed by atoms with Crippen molar-refractivity contribution in [3.8, 4) is 5.75 Å². The van der Waals surface area contributed by atoms with E-state index < -0.39 is 33.0 Å². The molecule has 0 saturated heterocycles. The van der Waals surface area contributed by atoms with Crippen molar-refractivity contribution in [2.45, 2.75) is 55.8 Å². The van der Waals surface area contributed by atoms with Crippen molar-refractivity contribution >= 4 is 9.84 Å². The van der Waals surface area contributed by atoms with E-state index in [-0.39, 0.29) is 16.6 Å². The van der Waals surface area contributed by atoms with E-state index in [9.17, 15) is 17.9 Å². The number of hydrogen-bond donors (Lipinski definition) is 1. The highest BCUT2D eigenvalue weighted by Crippen LogP contribution is 2.46. The van der Waals surface area contributed by atoms with E-state index in [1.807, 2.05) is 20.8 Å². The molecule has 0 spiro atoms. The Morgan fingerprint density at radius 1 is 1.14 bits per heavy atom. The SMILES string of the molecule is CCC(C)C1[C@H](CC)[C@H](O)[C@H](c2ccc(F)cc2)c2cc(OC)ccc2S1(=O)=O. The molecule has 0 aliphatic carbocycles. The van der Waals surface area contributed by atoms with Crippen LogP contribution in [0, 0.1) is 17.7 Å². The highest BCUT2D eigenvalue weighted by molar-refractivity contribution is 7.92. The smallest absolute Gasteiger partial charge is 0.182 e. The summed E-state index contributed by atoms with van der Waals surface area (Å²) in [5.41, 5.74) is 1.19. The van der Waals surface area contributed by atoms with Crippen LogP contribution in [-0.2, 0) is 9.84 Å². The van der Waals surface area contributed by atoms with Crippen LogP contribution >= 0.6 is 0 Å². The maximum atomic E-state index is 13.8. The lowest BCUT2D eigenvalue weighted by atomic mass is 9.77. The number of sulfone groups is 1. The average Bonchev–Trinajstić information content (AvgIpc) is 2.78. The van der Waals surface area contributed by atoms with Crippen LogP contribution in [0.4, 0.5) is 4.39 Å². The Morgan fingerprint density at radius 2 is 1.79 bits per heavy atom. The minimum Gasteiger partial charge on any atom is -0.497 e. The van der Waals surface area contributed by atoms with Gasteiger partial charge in [0.1, 0.15) is 11.6 Å². The molecule has 0 radical (unpaired) electrons. The van der Waals surface area contributed by atoms with Gasteiger partial charge in [-0.3, -0.25) is 0 Å². The predicted molar refractivity (Wildman–Crippen MR) is 111 cm³/mol. The molecule has 0 aromatic heterocycles. The van der Waals surface area contributed by atoms with Crippen molar-refractivity contribution < 1.29 is 22.7 Å². The molecule has 0 fully saturated rings. The summed E-state index contributed by atoms with van der Waals surface area (Å²) in [6.45, 7) is 5.81. The molecule has 29 heavy (non-hydrogen) atoms. The molecule has 6 heteroatoms. The number of benzene rings is 2. The monoisotopic (exact) mass is 420 g/mol. The van der Waals surface area contributed by atoms with Crippen molar-refractivity contribution in [3.05, 3.63) is 59.4 Å². The fourth-order valence-corrected chi connectivity index (χ4v) is 7.32. The molecule has 158 valence electrons. The first-order valence-electron chi connectivity index (χ1n) is 10.1. The summed E-state index contributed by atoms with van der Waals surface area (Å²) < 4.78 is 46.4. The van der Waals surface area contributed by atoms with Gasteiger partial charge in [0.15, 0.2) is 9.84 Å². The quantitative estimate of drug-likeness (QED) is 0.770. The molecule has 5 atom stereocenters. The minimum atomic E-state index is -3.69. The zero-order valence-electron chi connectivity index (χ0n) is 17.3. The van der Waals surface area contributed by atoms with Crippen LogP contribution in [0.1, 0.15) is 50.7 Å². The molecule has 4 nitrogen and oxygen atoms in total. The van der Waals surface area contributed by atoms with E-state index in [1.54, 1.807) is 30.3 Å². The number of methoxy groups -OCH3 is 1. The molecule has 1 aliphatic heterocycles. The van der Waals surface area contributed by atoms with E-state index in [0.29, 0.717) is 29.7 Å². The van der Waals surface area contributed by atoms with Crippen molar-refractivity contribution in [3.63, 3.8) is 0 Å². The molecule has 1 aliphatic rings. The third-order valence-corrected chi connectivity index (χ3v) is 8.84. The third kappa shape index (κ3) is 3.80. The summed E-state index contributed by atoms with van der Waals surface area (Å²) >= 11 is 0.